The number of hydrogen-bond acceptors (Lipinski definition) is 5. The third-order valence-corrected chi connectivity index (χ3v) is 3.58. The highest BCUT2D eigenvalue weighted by Gasteiger charge is 2.19. The van der Waals surface area contributed by atoms with E-state index < -0.39 is 0 Å². The Bertz CT molecular complexity index is 597. The summed E-state index contributed by atoms with van der Waals surface area (Å²) in [6.45, 7) is 4.68. The minimum absolute atomic E-state index is 0.765. The summed E-state index contributed by atoms with van der Waals surface area (Å²) in [5, 5.41) is 3.45. The monoisotopic (exact) mass is 269 g/mol. The molecule has 3 heterocycles. The van der Waals surface area contributed by atoms with E-state index in [-0.39, 0.29) is 0 Å². The predicted molar refractivity (Wildman–Crippen MR) is 78.4 cm³/mol. The Morgan fingerprint density at radius 2 is 2.05 bits per heavy atom. The van der Waals surface area contributed by atoms with Gasteiger partial charge >= 0.3 is 0 Å². The van der Waals surface area contributed by atoms with Gasteiger partial charge in [-0.25, -0.2) is 9.97 Å². The molecule has 0 fully saturated rings. The molecule has 0 radical (unpaired) electrons. The molecule has 0 atom stereocenters. The van der Waals surface area contributed by atoms with Crippen LogP contribution in [-0.2, 0) is 19.5 Å². The molecule has 0 bridgehead atoms. The number of hydrogen-bond donors (Lipinski definition) is 1. The van der Waals surface area contributed by atoms with Crippen LogP contribution in [0.5, 0.6) is 0 Å². The number of nitrogens with one attached hydrogen (secondary N) is 1. The molecule has 0 spiro atoms. The Labute approximate surface area is 119 Å². The number of nitrogens with zero attached hydrogens (tertiary/aromatic N) is 4. The van der Waals surface area contributed by atoms with Crippen LogP contribution in [0, 0.1) is 6.92 Å². The highest BCUT2D eigenvalue weighted by atomic mass is 15.1. The van der Waals surface area contributed by atoms with Gasteiger partial charge in [-0.1, -0.05) is 0 Å². The van der Waals surface area contributed by atoms with Crippen molar-refractivity contribution in [1.82, 2.24) is 19.9 Å². The van der Waals surface area contributed by atoms with Gasteiger partial charge in [0.1, 0.15) is 11.6 Å². The fourth-order valence-corrected chi connectivity index (χ4v) is 2.52. The second kappa shape index (κ2) is 5.54. The van der Waals surface area contributed by atoms with E-state index in [0.717, 1.165) is 43.4 Å². The molecule has 5 heteroatoms. The highest BCUT2D eigenvalue weighted by molar-refractivity contribution is 5.48. The molecule has 0 aromatic carbocycles. The smallest absolute Gasteiger partial charge is 0.133 e. The van der Waals surface area contributed by atoms with Crippen molar-refractivity contribution >= 4 is 5.82 Å². The number of fused-ring (bicyclic) bond motifs is 1. The van der Waals surface area contributed by atoms with Crippen molar-refractivity contribution in [2.24, 2.45) is 0 Å². The van der Waals surface area contributed by atoms with Gasteiger partial charge in [0.25, 0.3) is 0 Å². The maximum Gasteiger partial charge on any atom is 0.133 e. The first kappa shape index (κ1) is 13.0. The molecule has 20 heavy (non-hydrogen) atoms. The van der Waals surface area contributed by atoms with Gasteiger partial charge in [-0.3, -0.25) is 4.98 Å². The summed E-state index contributed by atoms with van der Waals surface area (Å²) in [5.74, 6) is 1.81. The fourth-order valence-electron chi connectivity index (χ4n) is 2.52. The Hall–Kier alpha value is -2.01. The molecule has 2 aromatic rings. The lowest BCUT2D eigenvalue weighted by Gasteiger charge is -2.26. The molecule has 0 amide bonds. The summed E-state index contributed by atoms with van der Waals surface area (Å²) < 4.78 is 0. The normalized spacial score (nSPS) is 14.9. The van der Waals surface area contributed by atoms with Crippen LogP contribution in [0.15, 0.2) is 24.5 Å². The molecular formula is C15H19N5. The molecule has 104 valence electrons. The maximum atomic E-state index is 4.58. The molecule has 1 aliphatic rings. The summed E-state index contributed by atoms with van der Waals surface area (Å²) in [6, 6.07) is 4.03. The molecule has 1 aliphatic heterocycles. The summed E-state index contributed by atoms with van der Waals surface area (Å²) >= 11 is 0. The van der Waals surface area contributed by atoms with Crippen molar-refractivity contribution in [2.45, 2.75) is 26.4 Å². The lowest BCUT2D eigenvalue weighted by molar-refractivity contribution is 0.307. The average Bonchev–Trinajstić information content (AvgIpc) is 2.45. The van der Waals surface area contributed by atoms with Gasteiger partial charge < -0.3 is 10.2 Å². The molecule has 5 nitrogen and oxygen atoms in total. The Kier molecular flexibility index (Phi) is 3.60. The Morgan fingerprint density at radius 1 is 1.25 bits per heavy atom. The van der Waals surface area contributed by atoms with E-state index in [4.69, 9.17) is 0 Å². The largest absolute Gasteiger partial charge is 0.366 e. The topological polar surface area (TPSA) is 53.9 Å². The highest BCUT2D eigenvalue weighted by Crippen LogP contribution is 2.23. The van der Waals surface area contributed by atoms with Crippen molar-refractivity contribution in [3.05, 3.63) is 47.2 Å². The van der Waals surface area contributed by atoms with Crippen LogP contribution >= 0.6 is 0 Å². The molecule has 0 saturated heterocycles. The summed E-state index contributed by atoms with van der Waals surface area (Å²) in [4.78, 5) is 15.5. The molecule has 0 saturated carbocycles. The molecule has 0 aliphatic carbocycles. The van der Waals surface area contributed by atoms with Gasteiger partial charge in [-0.2, -0.15) is 0 Å². The maximum absolute atomic E-state index is 4.58. The van der Waals surface area contributed by atoms with E-state index in [1.807, 2.05) is 31.5 Å². The van der Waals surface area contributed by atoms with Crippen molar-refractivity contribution in [3.63, 3.8) is 0 Å². The van der Waals surface area contributed by atoms with Crippen LogP contribution in [-0.4, -0.2) is 33.4 Å². The minimum Gasteiger partial charge on any atom is -0.366 e. The van der Waals surface area contributed by atoms with Crippen LogP contribution in [0.1, 0.15) is 22.6 Å². The van der Waals surface area contributed by atoms with Crippen LogP contribution in [0.4, 0.5) is 5.82 Å². The lowest BCUT2D eigenvalue weighted by atomic mass is 10.1. The minimum atomic E-state index is 0.765. The van der Waals surface area contributed by atoms with Gasteiger partial charge in [-0.05, 0) is 38.1 Å². The first-order chi connectivity index (χ1) is 9.72. The van der Waals surface area contributed by atoms with E-state index in [2.05, 4.69) is 32.2 Å². The number of aryl methyl sites for hydroxylation is 1. The summed E-state index contributed by atoms with van der Waals surface area (Å²) in [5.41, 5.74) is 3.63. The van der Waals surface area contributed by atoms with Crippen LogP contribution in [0.3, 0.4) is 0 Å². The zero-order valence-corrected chi connectivity index (χ0v) is 11.9. The number of rotatable bonds is 3. The van der Waals surface area contributed by atoms with Crippen molar-refractivity contribution in [1.29, 1.82) is 0 Å². The van der Waals surface area contributed by atoms with Gasteiger partial charge in [0.15, 0.2) is 0 Å². The molecule has 1 N–H and O–H groups in total. The van der Waals surface area contributed by atoms with Crippen molar-refractivity contribution in [2.75, 3.05) is 18.9 Å². The van der Waals surface area contributed by atoms with E-state index in [0.29, 0.717) is 0 Å². The SMILES string of the molecule is Cc1nc2c(c(NCc3ccncc3)n1)CCN(C)C2. The van der Waals surface area contributed by atoms with E-state index in [1.54, 1.807) is 0 Å². The Morgan fingerprint density at radius 3 is 2.85 bits per heavy atom. The molecule has 0 unspecified atom stereocenters. The number of aromatic nitrogens is 3. The van der Waals surface area contributed by atoms with Crippen molar-refractivity contribution in [3.8, 4) is 0 Å². The first-order valence-electron chi connectivity index (χ1n) is 6.90. The second-order valence-electron chi connectivity index (χ2n) is 5.24. The second-order valence-corrected chi connectivity index (χ2v) is 5.24. The average molecular weight is 269 g/mol. The third kappa shape index (κ3) is 2.77. The van der Waals surface area contributed by atoms with Crippen LogP contribution in [0.2, 0.25) is 0 Å². The van der Waals surface area contributed by atoms with Crippen molar-refractivity contribution < 1.29 is 0 Å². The summed E-state index contributed by atoms with van der Waals surface area (Å²) in [7, 11) is 2.13. The van der Waals surface area contributed by atoms with Gasteiger partial charge in [-0.15, -0.1) is 0 Å². The van der Waals surface area contributed by atoms with Crippen LogP contribution < -0.4 is 5.32 Å². The number of likely N-dealkylation sites (N-methyl/N-ethyl adjacent to an activating group) is 1. The standard InChI is InChI=1S/C15H19N5/c1-11-18-14-10-20(2)8-5-13(14)15(19-11)17-9-12-3-6-16-7-4-12/h3-4,6-7H,5,8-10H2,1-2H3,(H,17,18,19). The van der Waals surface area contributed by atoms with Gasteiger partial charge in [0.05, 0.1) is 5.69 Å². The van der Waals surface area contributed by atoms with Gasteiger partial charge in [0, 0.05) is 37.6 Å². The Balaban J connectivity index is 1.82. The van der Waals surface area contributed by atoms with E-state index in [1.165, 1.54) is 11.1 Å². The zero-order valence-electron chi connectivity index (χ0n) is 11.9. The third-order valence-electron chi connectivity index (χ3n) is 3.58. The molecule has 3 rings (SSSR count). The summed E-state index contributed by atoms with van der Waals surface area (Å²) in [6.07, 6.45) is 4.63. The molecular weight excluding hydrogens is 250 g/mol. The van der Waals surface area contributed by atoms with Crippen LogP contribution in [0.25, 0.3) is 0 Å². The quantitative estimate of drug-likeness (QED) is 0.920. The number of anilines is 1. The lowest BCUT2D eigenvalue weighted by Crippen LogP contribution is -2.29. The predicted octanol–water partition coefficient (Wildman–Crippen LogP) is 1.78. The van der Waals surface area contributed by atoms with Gasteiger partial charge in [0.2, 0.25) is 0 Å². The fraction of sp³-hybridized carbons (Fsp3) is 0.400. The van der Waals surface area contributed by atoms with E-state index in [9.17, 15) is 0 Å². The zero-order chi connectivity index (χ0) is 13.9. The van der Waals surface area contributed by atoms with E-state index >= 15 is 0 Å². The molecule has 2 aromatic heterocycles. The first-order valence-corrected chi connectivity index (χ1v) is 6.90. The number of pyridine rings is 1.